The van der Waals surface area contributed by atoms with Crippen LogP contribution in [0.15, 0.2) is 66.0 Å². The van der Waals surface area contributed by atoms with Gasteiger partial charge in [-0.2, -0.15) is 0 Å². The first-order chi connectivity index (χ1) is 13.6. The smallest absolute Gasteiger partial charge is 0.266 e. The summed E-state index contributed by atoms with van der Waals surface area (Å²) in [6.07, 6.45) is 0. The third-order valence-corrected chi connectivity index (χ3v) is 5.60. The minimum Gasteiger partial charge on any atom is -0.334 e. The van der Waals surface area contributed by atoms with Crippen LogP contribution >= 0.6 is 11.3 Å². The zero-order valence-electron chi connectivity index (χ0n) is 15.3. The van der Waals surface area contributed by atoms with Crippen molar-refractivity contribution >= 4 is 34.7 Å². The molecule has 1 aromatic heterocycles. The van der Waals surface area contributed by atoms with E-state index in [0.717, 1.165) is 9.78 Å². The van der Waals surface area contributed by atoms with Crippen molar-refractivity contribution in [3.63, 3.8) is 0 Å². The molecule has 28 heavy (non-hydrogen) atoms. The summed E-state index contributed by atoms with van der Waals surface area (Å²) in [5, 5.41) is 1.98. The van der Waals surface area contributed by atoms with Gasteiger partial charge in [-0.05, 0) is 48.7 Å². The molecule has 1 aliphatic rings. The molecule has 4 rings (SSSR count). The molecule has 0 radical (unpaired) electrons. The number of fused-ring (bicyclic) bond motifs is 1. The lowest BCUT2D eigenvalue weighted by atomic mass is 10.1. The molecule has 0 aliphatic carbocycles. The van der Waals surface area contributed by atoms with E-state index in [4.69, 9.17) is 0 Å². The van der Waals surface area contributed by atoms with Crippen molar-refractivity contribution in [3.05, 3.63) is 87.6 Å². The van der Waals surface area contributed by atoms with Gasteiger partial charge in [-0.25, -0.2) is 4.90 Å². The number of nitrogens with zero attached hydrogens (tertiary/aromatic N) is 2. The van der Waals surface area contributed by atoms with Gasteiger partial charge in [0.2, 0.25) is 0 Å². The first-order valence-corrected chi connectivity index (χ1v) is 9.87. The molecule has 0 saturated heterocycles. The number of thiophene rings is 1. The average molecular weight is 390 g/mol. The number of imide groups is 1. The topological polar surface area (TPSA) is 57.7 Å². The van der Waals surface area contributed by atoms with Crippen LogP contribution in [0.25, 0.3) is 0 Å². The maximum Gasteiger partial charge on any atom is 0.266 e. The van der Waals surface area contributed by atoms with Crippen molar-refractivity contribution in [2.45, 2.75) is 13.5 Å². The van der Waals surface area contributed by atoms with Crippen LogP contribution in [0.1, 0.15) is 42.9 Å². The lowest BCUT2D eigenvalue weighted by Gasteiger charge is -2.21. The summed E-state index contributed by atoms with van der Waals surface area (Å²) in [6, 6.07) is 17.4. The lowest BCUT2D eigenvalue weighted by molar-refractivity contribution is 0.0753. The Morgan fingerprint density at radius 2 is 1.68 bits per heavy atom. The molecule has 0 fully saturated rings. The van der Waals surface area contributed by atoms with Crippen LogP contribution in [0.4, 0.5) is 5.69 Å². The summed E-state index contributed by atoms with van der Waals surface area (Å²) < 4.78 is 0. The molecule has 2 aromatic carbocycles. The van der Waals surface area contributed by atoms with Crippen molar-refractivity contribution in [1.29, 1.82) is 0 Å². The van der Waals surface area contributed by atoms with E-state index in [1.54, 1.807) is 64.8 Å². The molecule has 5 nitrogen and oxygen atoms in total. The third kappa shape index (κ3) is 3.12. The Labute approximate surface area is 166 Å². The molecular weight excluding hydrogens is 372 g/mol. The third-order valence-electron chi connectivity index (χ3n) is 4.74. The van der Waals surface area contributed by atoms with Crippen LogP contribution in [0.3, 0.4) is 0 Å². The fourth-order valence-electron chi connectivity index (χ4n) is 3.30. The number of carbonyl (C=O) groups is 3. The molecule has 2 heterocycles. The Bertz CT molecular complexity index is 1020. The van der Waals surface area contributed by atoms with E-state index in [1.807, 2.05) is 24.4 Å². The Morgan fingerprint density at radius 1 is 0.964 bits per heavy atom. The fourth-order valence-corrected chi connectivity index (χ4v) is 4.02. The minimum atomic E-state index is -0.365. The second-order valence-corrected chi connectivity index (χ2v) is 7.47. The van der Waals surface area contributed by atoms with E-state index in [9.17, 15) is 14.4 Å². The molecule has 3 amide bonds. The van der Waals surface area contributed by atoms with Crippen molar-refractivity contribution < 1.29 is 14.4 Å². The number of carbonyl (C=O) groups excluding carboxylic acids is 3. The van der Waals surface area contributed by atoms with Crippen molar-refractivity contribution in [2.75, 3.05) is 11.4 Å². The van der Waals surface area contributed by atoms with E-state index >= 15 is 0 Å². The van der Waals surface area contributed by atoms with Gasteiger partial charge in [0.25, 0.3) is 17.7 Å². The van der Waals surface area contributed by atoms with E-state index in [-0.39, 0.29) is 17.7 Å². The van der Waals surface area contributed by atoms with Gasteiger partial charge in [-0.3, -0.25) is 14.4 Å². The normalized spacial score (nSPS) is 13.0. The van der Waals surface area contributed by atoms with Gasteiger partial charge in [0, 0.05) is 17.0 Å². The molecule has 0 N–H and O–H groups in total. The Kier molecular flexibility index (Phi) is 4.79. The van der Waals surface area contributed by atoms with Gasteiger partial charge in [-0.15, -0.1) is 11.3 Å². The predicted octanol–water partition coefficient (Wildman–Crippen LogP) is 4.21. The van der Waals surface area contributed by atoms with Gasteiger partial charge < -0.3 is 4.90 Å². The predicted molar refractivity (Wildman–Crippen MR) is 109 cm³/mol. The lowest BCUT2D eigenvalue weighted by Crippen LogP contribution is -2.31. The van der Waals surface area contributed by atoms with Crippen LogP contribution < -0.4 is 4.90 Å². The number of hydrogen-bond donors (Lipinski definition) is 0. The molecule has 0 atom stereocenters. The first-order valence-electron chi connectivity index (χ1n) is 8.99. The summed E-state index contributed by atoms with van der Waals surface area (Å²) in [4.78, 5) is 42.4. The van der Waals surface area contributed by atoms with E-state index in [2.05, 4.69) is 0 Å². The number of anilines is 1. The molecule has 0 spiro atoms. The summed E-state index contributed by atoms with van der Waals surface area (Å²) in [7, 11) is 0. The Morgan fingerprint density at radius 3 is 2.29 bits per heavy atom. The van der Waals surface area contributed by atoms with Crippen LogP contribution in [0, 0.1) is 0 Å². The number of amides is 3. The summed E-state index contributed by atoms with van der Waals surface area (Å²) in [5.74, 6) is -0.860. The highest BCUT2D eigenvalue weighted by molar-refractivity contribution is 7.09. The largest absolute Gasteiger partial charge is 0.334 e. The first kappa shape index (κ1) is 18.1. The monoisotopic (exact) mass is 390 g/mol. The highest BCUT2D eigenvalue weighted by atomic mass is 32.1. The second-order valence-electron chi connectivity index (χ2n) is 6.44. The molecule has 1 aliphatic heterocycles. The zero-order chi connectivity index (χ0) is 19.7. The molecule has 0 bridgehead atoms. The minimum absolute atomic E-state index is 0.130. The summed E-state index contributed by atoms with van der Waals surface area (Å²) >= 11 is 1.60. The maximum absolute atomic E-state index is 13.0. The van der Waals surface area contributed by atoms with E-state index in [1.165, 1.54) is 0 Å². The van der Waals surface area contributed by atoms with Gasteiger partial charge in [0.1, 0.15) is 0 Å². The fraction of sp³-hybridized carbons (Fsp3) is 0.136. The maximum atomic E-state index is 13.0. The van der Waals surface area contributed by atoms with Crippen LogP contribution in [0.2, 0.25) is 0 Å². The quantitative estimate of drug-likeness (QED) is 0.613. The Balaban J connectivity index is 1.62. The molecule has 140 valence electrons. The number of rotatable bonds is 5. The standard InChI is InChI=1S/C22H18N2O3S/c1-2-23(14-17-9-6-12-28-17)20(25)15-7-5-8-16(13-15)24-21(26)18-10-3-4-11-19(18)22(24)27/h3-13H,2,14H2,1H3. The molecule has 0 unspecified atom stereocenters. The van der Waals surface area contributed by atoms with Crippen LogP contribution in [0.5, 0.6) is 0 Å². The van der Waals surface area contributed by atoms with Crippen molar-refractivity contribution in [2.24, 2.45) is 0 Å². The van der Waals surface area contributed by atoms with Gasteiger partial charge in [0.05, 0.1) is 23.4 Å². The van der Waals surface area contributed by atoms with Crippen molar-refractivity contribution in [3.8, 4) is 0 Å². The second kappa shape index (κ2) is 7.40. The molecular formula is C22H18N2O3S. The Hall–Kier alpha value is -3.25. The molecule has 6 heteroatoms. The average Bonchev–Trinajstić information content (AvgIpc) is 3.33. The van der Waals surface area contributed by atoms with Crippen LogP contribution in [-0.4, -0.2) is 29.2 Å². The van der Waals surface area contributed by atoms with E-state index < -0.39 is 0 Å². The van der Waals surface area contributed by atoms with E-state index in [0.29, 0.717) is 35.5 Å². The van der Waals surface area contributed by atoms with Gasteiger partial charge in [-0.1, -0.05) is 24.3 Å². The van der Waals surface area contributed by atoms with Crippen LogP contribution in [-0.2, 0) is 6.54 Å². The SMILES string of the molecule is CCN(Cc1cccs1)C(=O)c1cccc(N2C(=O)c3ccccc3C2=O)c1. The molecule has 3 aromatic rings. The van der Waals surface area contributed by atoms with Gasteiger partial charge in [0.15, 0.2) is 0 Å². The van der Waals surface area contributed by atoms with Gasteiger partial charge >= 0.3 is 0 Å². The number of hydrogen-bond acceptors (Lipinski definition) is 4. The zero-order valence-corrected chi connectivity index (χ0v) is 16.1. The number of benzene rings is 2. The summed E-state index contributed by atoms with van der Waals surface area (Å²) in [5.41, 5.74) is 1.63. The summed E-state index contributed by atoms with van der Waals surface area (Å²) in [6.45, 7) is 3.03. The highest BCUT2D eigenvalue weighted by Crippen LogP contribution is 2.29. The van der Waals surface area contributed by atoms with Crippen molar-refractivity contribution in [1.82, 2.24) is 4.90 Å². The molecule has 0 saturated carbocycles. The highest BCUT2D eigenvalue weighted by Gasteiger charge is 2.36.